The Hall–Kier alpha value is -1.34. The van der Waals surface area contributed by atoms with E-state index in [2.05, 4.69) is 10.3 Å². The van der Waals surface area contributed by atoms with Gasteiger partial charge in [0, 0.05) is 38.0 Å². The molecule has 0 radical (unpaired) electrons. The summed E-state index contributed by atoms with van der Waals surface area (Å²) in [5.41, 5.74) is 6.31. The molecule has 1 unspecified atom stereocenters. The minimum atomic E-state index is -0.499. The fraction of sp³-hybridized carbons (Fsp3) is 0.714. The molecule has 1 amide bonds. The third-order valence-electron chi connectivity index (χ3n) is 2.75. The number of carbonyl (C=O) groups excluding carboxylic acids is 1. The average molecular weight is 314 g/mol. The quantitative estimate of drug-likeness (QED) is 0.870. The van der Waals surface area contributed by atoms with E-state index in [9.17, 15) is 4.79 Å². The van der Waals surface area contributed by atoms with Crippen LogP contribution in [0.15, 0.2) is 0 Å². The molecule has 3 N–H and O–H groups in total. The van der Waals surface area contributed by atoms with Crippen LogP contribution < -0.4 is 16.0 Å². The molecule has 21 heavy (non-hydrogen) atoms. The van der Waals surface area contributed by atoms with E-state index in [0.717, 1.165) is 15.7 Å². The lowest BCUT2D eigenvalue weighted by Crippen LogP contribution is -2.36. The standard InChI is InChI=1S/C14H26N4O2S/c1-9-11(21-12(17-9)18(5)6)10(7-15)8-16-13(19)20-14(2,3)4/h10H,7-8,15H2,1-6H3,(H,16,19). The molecule has 6 nitrogen and oxygen atoms in total. The van der Waals surface area contributed by atoms with E-state index in [4.69, 9.17) is 10.5 Å². The fourth-order valence-corrected chi connectivity index (χ4v) is 2.87. The van der Waals surface area contributed by atoms with Crippen LogP contribution in [0, 0.1) is 6.92 Å². The van der Waals surface area contributed by atoms with Crippen LogP contribution in [0.25, 0.3) is 0 Å². The highest BCUT2D eigenvalue weighted by Gasteiger charge is 2.21. The highest BCUT2D eigenvalue weighted by molar-refractivity contribution is 7.15. The second-order valence-corrected chi connectivity index (χ2v) is 7.17. The molecule has 0 aliphatic rings. The third-order valence-corrected chi connectivity index (χ3v) is 4.24. The lowest BCUT2D eigenvalue weighted by atomic mass is 10.1. The Labute approximate surface area is 130 Å². The van der Waals surface area contributed by atoms with E-state index in [1.54, 1.807) is 11.3 Å². The van der Waals surface area contributed by atoms with Crippen LogP contribution in [0.1, 0.15) is 37.3 Å². The molecule has 1 atom stereocenters. The highest BCUT2D eigenvalue weighted by Crippen LogP contribution is 2.30. The smallest absolute Gasteiger partial charge is 0.407 e. The number of nitrogens with one attached hydrogen (secondary N) is 1. The van der Waals surface area contributed by atoms with Crippen molar-refractivity contribution in [2.24, 2.45) is 5.73 Å². The van der Waals surface area contributed by atoms with Gasteiger partial charge in [-0.2, -0.15) is 0 Å². The monoisotopic (exact) mass is 314 g/mol. The maximum Gasteiger partial charge on any atom is 0.407 e. The normalized spacial score (nSPS) is 12.9. The molecule has 7 heteroatoms. The number of thiazole rings is 1. The van der Waals surface area contributed by atoms with Crippen LogP contribution in [0.2, 0.25) is 0 Å². The van der Waals surface area contributed by atoms with Gasteiger partial charge in [-0.05, 0) is 27.7 Å². The van der Waals surface area contributed by atoms with Gasteiger partial charge in [0.2, 0.25) is 0 Å². The van der Waals surface area contributed by atoms with Gasteiger partial charge in [0.15, 0.2) is 5.13 Å². The Bertz CT molecular complexity index is 480. The number of carbonyl (C=O) groups is 1. The maximum absolute atomic E-state index is 11.7. The van der Waals surface area contributed by atoms with Crippen LogP contribution >= 0.6 is 11.3 Å². The van der Waals surface area contributed by atoms with E-state index in [1.807, 2.05) is 46.7 Å². The van der Waals surface area contributed by atoms with Crippen LogP contribution in [0.3, 0.4) is 0 Å². The number of nitrogens with two attached hydrogens (primary N) is 1. The first-order valence-electron chi connectivity index (χ1n) is 6.95. The predicted molar refractivity (Wildman–Crippen MR) is 87.2 cm³/mol. The minimum Gasteiger partial charge on any atom is -0.444 e. The Balaban J connectivity index is 2.69. The number of hydrogen-bond acceptors (Lipinski definition) is 6. The maximum atomic E-state index is 11.7. The van der Waals surface area contributed by atoms with Gasteiger partial charge in [0.05, 0.1) is 5.69 Å². The Morgan fingerprint density at radius 2 is 2.10 bits per heavy atom. The van der Waals surface area contributed by atoms with E-state index in [-0.39, 0.29) is 5.92 Å². The molecule has 1 rings (SSSR count). The number of anilines is 1. The van der Waals surface area contributed by atoms with Crippen molar-refractivity contribution in [3.8, 4) is 0 Å². The van der Waals surface area contributed by atoms with Crippen molar-refractivity contribution in [1.82, 2.24) is 10.3 Å². The molecule has 0 saturated carbocycles. The number of aromatic nitrogens is 1. The highest BCUT2D eigenvalue weighted by atomic mass is 32.1. The number of ether oxygens (including phenoxy) is 1. The largest absolute Gasteiger partial charge is 0.444 e. The Morgan fingerprint density at radius 1 is 1.48 bits per heavy atom. The predicted octanol–water partition coefficient (Wildman–Crippen LogP) is 2.08. The Kier molecular flexibility index (Phi) is 5.98. The van der Waals surface area contributed by atoms with Crippen molar-refractivity contribution in [1.29, 1.82) is 0 Å². The van der Waals surface area contributed by atoms with E-state index >= 15 is 0 Å². The zero-order valence-electron chi connectivity index (χ0n) is 13.7. The van der Waals surface area contributed by atoms with Gasteiger partial charge in [-0.25, -0.2) is 9.78 Å². The number of hydrogen-bond donors (Lipinski definition) is 2. The van der Waals surface area contributed by atoms with Crippen molar-refractivity contribution in [3.63, 3.8) is 0 Å². The molecule has 120 valence electrons. The summed E-state index contributed by atoms with van der Waals surface area (Å²) in [7, 11) is 3.91. The van der Waals surface area contributed by atoms with E-state index < -0.39 is 11.7 Å². The summed E-state index contributed by atoms with van der Waals surface area (Å²) < 4.78 is 5.23. The fourth-order valence-electron chi connectivity index (χ4n) is 1.77. The van der Waals surface area contributed by atoms with Crippen molar-refractivity contribution in [2.45, 2.75) is 39.2 Å². The van der Waals surface area contributed by atoms with E-state index in [0.29, 0.717) is 13.1 Å². The van der Waals surface area contributed by atoms with Crippen molar-refractivity contribution >= 4 is 22.6 Å². The summed E-state index contributed by atoms with van der Waals surface area (Å²) in [5.74, 6) is 0.0451. The summed E-state index contributed by atoms with van der Waals surface area (Å²) in [5, 5.41) is 3.72. The van der Waals surface area contributed by atoms with Crippen LogP contribution in [0.4, 0.5) is 9.93 Å². The second kappa shape index (κ2) is 7.09. The van der Waals surface area contributed by atoms with Gasteiger partial charge in [-0.15, -0.1) is 11.3 Å². The van der Waals surface area contributed by atoms with Crippen molar-refractivity contribution < 1.29 is 9.53 Å². The zero-order valence-corrected chi connectivity index (χ0v) is 14.5. The lowest BCUT2D eigenvalue weighted by Gasteiger charge is -2.21. The topological polar surface area (TPSA) is 80.5 Å². The van der Waals surface area contributed by atoms with E-state index in [1.165, 1.54) is 0 Å². The summed E-state index contributed by atoms with van der Waals surface area (Å²) in [6, 6.07) is 0. The molecule has 0 aliphatic heterocycles. The first-order valence-corrected chi connectivity index (χ1v) is 7.77. The van der Waals surface area contributed by atoms with Crippen LogP contribution in [-0.2, 0) is 4.74 Å². The molecule has 0 aliphatic carbocycles. The minimum absolute atomic E-state index is 0.0451. The third kappa shape index (κ3) is 5.51. The first kappa shape index (κ1) is 17.7. The van der Waals surface area contributed by atoms with Crippen molar-refractivity contribution in [2.75, 3.05) is 32.1 Å². The first-order chi connectivity index (χ1) is 9.64. The van der Waals surface area contributed by atoms with Gasteiger partial charge in [0.1, 0.15) is 5.60 Å². The van der Waals surface area contributed by atoms with Gasteiger partial charge in [-0.3, -0.25) is 0 Å². The number of aryl methyl sites for hydroxylation is 1. The second-order valence-electron chi connectivity index (χ2n) is 6.16. The zero-order chi connectivity index (χ0) is 16.2. The van der Waals surface area contributed by atoms with Gasteiger partial charge >= 0.3 is 6.09 Å². The lowest BCUT2D eigenvalue weighted by molar-refractivity contribution is 0.0525. The summed E-state index contributed by atoms with van der Waals surface area (Å²) >= 11 is 1.61. The van der Waals surface area contributed by atoms with Gasteiger partial charge in [0.25, 0.3) is 0 Å². The Morgan fingerprint density at radius 3 is 2.52 bits per heavy atom. The van der Waals surface area contributed by atoms with Crippen molar-refractivity contribution in [3.05, 3.63) is 10.6 Å². The SMILES string of the molecule is Cc1nc(N(C)C)sc1C(CN)CNC(=O)OC(C)(C)C. The summed E-state index contributed by atoms with van der Waals surface area (Å²) in [6.45, 7) is 8.37. The molecule has 0 spiro atoms. The molecular weight excluding hydrogens is 288 g/mol. The molecule has 1 aromatic rings. The molecular formula is C14H26N4O2S. The molecule has 0 bridgehead atoms. The van der Waals surface area contributed by atoms with Gasteiger partial charge < -0.3 is 20.7 Å². The average Bonchev–Trinajstić information content (AvgIpc) is 2.70. The number of alkyl carbamates (subject to hydrolysis) is 1. The molecule has 0 fully saturated rings. The van der Waals surface area contributed by atoms with Gasteiger partial charge in [-0.1, -0.05) is 0 Å². The number of nitrogens with zero attached hydrogens (tertiary/aromatic N) is 2. The number of rotatable bonds is 5. The summed E-state index contributed by atoms with van der Waals surface area (Å²) in [6.07, 6.45) is -0.420. The molecule has 0 saturated heterocycles. The van der Waals surface area contributed by atoms with Crippen LogP contribution in [0.5, 0.6) is 0 Å². The van der Waals surface area contributed by atoms with Crippen LogP contribution in [-0.4, -0.2) is 43.9 Å². The molecule has 1 aromatic heterocycles. The number of amides is 1. The summed E-state index contributed by atoms with van der Waals surface area (Å²) in [4.78, 5) is 19.3. The molecule has 0 aromatic carbocycles. The molecule has 1 heterocycles.